The molecule has 3 N–H and O–H groups in total. The fourth-order valence-corrected chi connectivity index (χ4v) is 2.88. The molecule has 4 aromatic rings. The molecule has 0 aliphatic heterocycles. The number of hydrogen-bond acceptors (Lipinski definition) is 9. The minimum atomic E-state index is -0.831. The fraction of sp³-hybridized carbons (Fsp3) is 0.100. The smallest absolute Gasteiger partial charge is 0.294 e. The number of hydrazone groups is 1. The molecule has 11 nitrogen and oxygen atoms in total. The van der Waals surface area contributed by atoms with E-state index in [1.165, 1.54) is 10.7 Å². The molecule has 13 heteroatoms. The van der Waals surface area contributed by atoms with Gasteiger partial charge in [-0.2, -0.15) is 9.78 Å². The molecule has 2 aromatic carbocycles. The molecule has 0 radical (unpaired) electrons. The Balaban J connectivity index is 1.67. The Morgan fingerprint density at radius 1 is 1.24 bits per heavy atom. The molecule has 33 heavy (non-hydrogen) atoms. The van der Waals surface area contributed by atoms with Crippen molar-refractivity contribution in [3.8, 4) is 22.8 Å². The third kappa shape index (κ3) is 4.51. The molecule has 0 aliphatic carbocycles. The predicted octanol–water partition coefficient (Wildman–Crippen LogP) is 2.34. The summed E-state index contributed by atoms with van der Waals surface area (Å²) in [5, 5.41) is 18.8. The van der Waals surface area contributed by atoms with Crippen LogP contribution in [0.2, 0.25) is 0 Å². The number of hydrogen-bond donors (Lipinski definition) is 2. The average molecular weight is 454 g/mol. The number of amides is 1. The number of ether oxygens (including phenoxy) is 1. The van der Waals surface area contributed by atoms with E-state index in [2.05, 4.69) is 35.8 Å². The van der Waals surface area contributed by atoms with E-state index in [9.17, 15) is 13.6 Å². The highest BCUT2D eigenvalue weighted by atomic mass is 19.1. The van der Waals surface area contributed by atoms with Gasteiger partial charge in [-0.15, -0.1) is 5.10 Å². The lowest BCUT2D eigenvalue weighted by Gasteiger charge is -2.07. The van der Waals surface area contributed by atoms with Gasteiger partial charge < -0.3 is 10.5 Å². The molecular formula is C20H16F2N8O3. The van der Waals surface area contributed by atoms with E-state index in [0.717, 1.165) is 12.3 Å². The quantitative estimate of drug-likeness (QED) is 0.320. The number of aromatic nitrogens is 5. The van der Waals surface area contributed by atoms with E-state index in [-0.39, 0.29) is 28.6 Å². The van der Waals surface area contributed by atoms with E-state index < -0.39 is 17.5 Å². The first-order chi connectivity index (χ1) is 16.0. The number of benzene rings is 2. The number of carbonyl (C=O) groups is 1. The summed E-state index contributed by atoms with van der Waals surface area (Å²) >= 11 is 0. The Hall–Kier alpha value is -4.68. The standard InChI is InChI=1S/C20H16F2N8O3/c1-2-32-14-7-4-11(5-8-14)17-16(25-29-30(17)19-18(23)27-33-28-19)20(31)26-24-10-12-3-6-13(21)9-15(12)22/h3-10H,2H2,1H3,(H2,23,27)(H,26,31). The van der Waals surface area contributed by atoms with Crippen molar-refractivity contribution in [2.24, 2.45) is 5.10 Å². The number of carbonyl (C=O) groups excluding carboxylic acids is 1. The summed E-state index contributed by atoms with van der Waals surface area (Å²) in [4.78, 5) is 12.8. The van der Waals surface area contributed by atoms with Crippen LogP contribution in [0.3, 0.4) is 0 Å². The second kappa shape index (κ2) is 9.21. The summed E-state index contributed by atoms with van der Waals surface area (Å²) in [6, 6.07) is 9.75. The summed E-state index contributed by atoms with van der Waals surface area (Å²) < 4.78 is 38.1. The Bertz CT molecular complexity index is 1320. The van der Waals surface area contributed by atoms with Crippen LogP contribution in [0.5, 0.6) is 5.75 Å². The molecule has 0 unspecified atom stereocenters. The Kier molecular flexibility index (Phi) is 6.02. The zero-order valence-electron chi connectivity index (χ0n) is 17.1. The maximum Gasteiger partial charge on any atom is 0.294 e. The Morgan fingerprint density at radius 2 is 2.03 bits per heavy atom. The first-order valence-corrected chi connectivity index (χ1v) is 9.53. The molecule has 0 aliphatic rings. The first-order valence-electron chi connectivity index (χ1n) is 9.53. The van der Waals surface area contributed by atoms with Crippen LogP contribution in [-0.4, -0.2) is 44.0 Å². The highest BCUT2D eigenvalue weighted by Gasteiger charge is 2.25. The van der Waals surface area contributed by atoms with Crippen molar-refractivity contribution in [2.75, 3.05) is 12.3 Å². The number of nitrogens with zero attached hydrogens (tertiary/aromatic N) is 6. The van der Waals surface area contributed by atoms with Gasteiger partial charge in [-0.1, -0.05) is 5.21 Å². The van der Waals surface area contributed by atoms with Crippen LogP contribution in [0.1, 0.15) is 23.0 Å². The number of nitrogens with one attached hydrogen (secondary N) is 1. The highest BCUT2D eigenvalue weighted by molar-refractivity contribution is 5.98. The van der Waals surface area contributed by atoms with Gasteiger partial charge >= 0.3 is 0 Å². The van der Waals surface area contributed by atoms with Crippen LogP contribution < -0.4 is 15.9 Å². The summed E-state index contributed by atoms with van der Waals surface area (Å²) in [5.41, 5.74) is 8.63. The number of halogens is 2. The van der Waals surface area contributed by atoms with Gasteiger partial charge in [0, 0.05) is 17.2 Å². The van der Waals surface area contributed by atoms with Crippen molar-refractivity contribution in [1.82, 2.24) is 30.7 Å². The maximum atomic E-state index is 13.8. The molecule has 0 saturated carbocycles. The van der Waals surface area contributed by atoms with Gasteiger partial charge in [0.05, 0.1) is 12.8 Å². The van der Waals surface area contributed by atoms with Crippen LogP contribution in [-0.2, 0) is 0 Å². The zero-order valence-corrected chi connectivity index (χ0v) is 17.1. The van der Waals surface area contributed by atoms with Crippen LogP contribution in [0, 0.1) is 11.6 Å². The van der Waals surface area contributed by atoms with Gasteiger partial charge in [-0.25, -0.2) is 18.8 Å². The lowest BCUT2D eigenvalue weighted by atomic mass is 10.1. The number of nitrogens with two attached hydrogens (primary N) is 1. The molecule has 0 fully saturated rings. The number of nitrogen functional groups attached to an aromatic ring is 1. The van der Waals surface area contributed by atoms with Crippen molar-refractivity contribution in [3.63, 3.8) is 0 Å². The summed E-state index contributed by atoms with van der Waals surface area (Å²) in [6.45, 7) is 2.34. The normalized spacial score (nSPS) is 11.1. The van der Waals surface area contributed by atoms with Gasteiger partial charge in [-0.3, -0.25) is 4.79 Å². The molecule has 2 aromatic heterocycles. The van der Waals surface area contributed by atoms with E-state index in [1.807, 2.05) is 6.92 Å². The van der Waals surface area contributed by atoms with Crippen molar-refractivity contribution in [3.05, 3.63) is 65.4 Å². The molecule has 168 valence electrons. The largest absolute Gasteiger partial charge is 0.494 e. The van der Waals surface area contributed by atoms with Gasteiger partial charge in [0.2, 0.25) is 11.6 Å². The summed E-state index contributed by atoms with van der Waals surface area (Å²) in [6.07, 6.45) is 1.03. The van der Waals surface area contributed by atoms with E-state index in [0.29, 0.717) is 24.0 Å². The van der Waals surface area contributed by atoms with Crippen molar-refractivity contribution in [1.29, 1.82) is 0 Å². The molecule has 2 heterocycles. The number of rotatable bonds is 7. The van der Waals surface area contributed by atoms with Crippen molar-refractivity contribution < 1.29 is 22.9 Å². The van der Waals surface area contributed by atoms with E-state index in [4.69, 9.17) is 10.5 Å². The Labute approximate surface area is 184 Å². The second-order valence-electron chi connectivity index (χ2n) is 6.49. The lowest BCUT2D eigenvalue weighted by Crippen LogP contribution is -2.19. The van der Waals surface area contributed by atoms with Crippen molar-refractivity contribution >= 4 is 17.9 Å². The molecule has 0 bridgehead atoms. The molecule has 0 spiro atoms. The average Bonchev–Trinajstić information content (AvgIpc) is 3.42. The van der Waals surface area contributed by atoms with Crippen LogP contribution in [0.15, 0.2) is 52.2 Å². The maximum absolute atomic E-state index is 13.8. The second-order valence-corrected chi connectivity index (χ2v) is 6.49. The third-order valence-corrected chi connectivity index (χ3v) is 4.35. The van der Waals surface area contributed by atoms with Crippen molar-refractivity contribution in [2.45, 2.75) is 6.92 Å². The molecule has 1 amide bonds. The van der Waals surface area contributed by atoms with E-state index in [1.54, 1.807) is 24.3 Å². The van der Waals surface area contributed by atoms with Crippen LogP contribution in [0.4, 0.5) is 14.6 Å². The summed E-state index contributed by atoms with van der Waals surface area (Å²) in [5.74, 6) is -1.72. The van der Waals surface area contributed by atoms with Gasteiger partial charge in [0.15, 0.2) is 5.69 Å². The minimum Gasteiger partial charge on any atom is -0.494 e. The SMILES string of the molecule is CCOc1ccc(-c2c(C(=O)NN=Cc3ccc(F)cc3F)nnn2-c2nonc2N)cc1. The lowest BCUT2D eigenvalue weighted by molar-refractivity contribution is 0.0950. The minimum absolute atomic E-state index is 0.0199. The Morgan fingerprint density at radius 3 is 2.70 bits per heavy atom. The topological polar surface area (TPSA) is 146 Å². The van der Waals surface area contributed by atoms with Gasteiger partial charge in [0.1, 0.15) is 23.1 Å². The van der Waals surface area contributed by atoms with Gasteiger partial charge in [-0.05, 0) is 53.6 Å². The fourth-order valence-electron chi connectivity index (χ4n) is 2.88. The first kappa shape index (κ1) is 21.5. The van der Waals surface area contributed by atoms with Gasteiger partial charge in [0.25, 0.3) is 5.91 Å². The number of anilines is 1. The zero-order chi connectivity index (χ0) is 23.4. The molecule has 0 atom stereocenters. The molecule has 0 saturated heterocycles. The monoisotopic (exact) mass is 454 g/mol. The molecule has 4 rings (SSSR count). The predicted molar refractivity (Wildman–Crippen MR) is 112 cm³/mol. The van der Waals surface area contributed by atoms with Crippen LogP contribution >= 0.6 is 0 Å². The third-order valence-electron chi connectivity index (χ3n) is 4.35. The van der Waals surface area contributed by atoms with E-state index >= 15 is 0 Å². The summed E-state index contributed by atoms with van der Waals surface area (Å²) in [7, 11) is 0. The molecular weight excluding hydrogens is 438 g/mol. The highest BCUT2D eigenvalue weighted by Crippen LogP contribution is 2.28. The van der Waals surface area contributed by atoms with Crippen LogP contribution in [0.25, 0.3) is 17.1 Å².